The molecule has 0 radical (unpaired) electrons. The standard InChI is InChI=1S/C7H11N3O2/c1-12-5-2-6(9-3-5)7(11)10-4-8/h5-6,9H,2-3H2,1H3,(H,10,11). The molecule has 5 heteroatoms. The van der Waals surface area contributed by atoms with E-state index >= 15 is 0 Å². The topological polar surface area (TPSA) is 74.2 Å². The molecule has 1 heterocycles. The molecule has 0 saturated carbocycles. The maximum absolute atomic E-state index is 11.1. The molecule has 5 nitrogen and oxygen atoms in total. The van der Waals surface area contributed by atoms with Crippen LogP contribution < -0.4 is 10.6 Å². The van der Waals surface area contributed by atoms with Crippen molar-refractivity contribution in [2.45, 2.75) is 18.6 Å². The molecule has 1 fully saturated rings. The lowest BCUT2D eigenvalue weighted by atomic mass is 10.2. The fourth-order valence-corrected chi connectivity index (χ4v) is 1.22. The Balaban J connectivity index is 2.37. The quantitative estimate of drug-likeness (QED) is 0.409. The van der Waals surface area contributed by atoms with Gasteiger partial charge in [0.1, 0.15) is 0 Å². The van der Waals surface area contributed by atoms with E-state index in [1.54, 1.807) is 13.3 Å². The van der Waals surface area contributed by atoms with E-state index in [0.717, 1.165) is 0 Å². The summed E-state index contributed by atoms with van der Waals surface area (Å²) in [5, 5.41) is 13.2. The van der Waals surface area contributed by atoms with Gasteiger partial charge in [-0.3, -0.25) is 10.1 Å². The maximum Gasteiger partial charge on any atom is 0.250 e. The number of rotatable bonds is 2. The van der Waals surface area contributed by atoms with Crippen molar-refractivity contribution in [3.8, 4) is 6.19 Å². The van der Waals surface area contributed by atoms with Crippen molar-refractivity contribution in [3.05, 3.63) is 0 Å². The minimum atomic E-state index is -0.283. The Morgan fingerprint density at radius 1 is 1.83 bits per heavy atom. The number of methoxy groups -OCH3 is 1. The number of ether oxygens (including phenoxy) is 1. The Bertz CT molecular complexity index is 211. The molecule has 0 aliphatic carbocycles. The lowest BCUT2D eigenvalue weighted by Gasteiger charge is -2.06. The average Bonchev–Trinajstić information content (AvgIpc) is 2.52. The van der Waals surface area contributed by atoms with Crippen LogP contribution in [0, 0.1) is 11.5 Å². The highest BCUT2D eigenvalue weighted by Gasteiger charge is 2.28. The summed E-state index contributed by atoms with van der Waals surface area (Å²) in [6, 6.07) is -0.283. The first-order valence-corrected chi connectivity index (χ1v) is 3.73. The zero-order valence-electron chi connectivity index (χ0n) is 6.83. The first kappa shape index (κ1) is 8.97. The lowest BCUT2D eigenvalue weighted by molar-refractivity contribution is -0.121. The van der Waals surface area contributed by atoms with Crippen LogP contribution in [-0.2, 0) is 9.53 Å². The van der Waals surface area contributed by atoms with Crippen LogP contribution in [0.15, 0.2) is 0 Å². The molecule has 1 aliphatic rings. The number of hydrogen-bond acceptors (Lipinski definition) is 4. The van der Waals surface area contributed by atoms with Crippen LogP contribution in [0.5, 0.6) is 0 Å². The van der Waals surface area contributed by atoms with Crippen molar-refractivity contribution in [1.82, 2.24) is 10.6 Å². The Morgan fingerprint density at radius 2 is 2.58 bits per heavy atom. The molecule has 1 rings (SSSR count). The van der Waals surface area contributed by atoms with Crippen molar-refractivity contribution >= 4 is 5.91 Å². The molecule has 1 aliphatic heterocycles. The molecule has 2 unspecified atom stereocenters. The van der Waals surface area contributed by atoms with Crippen LogP contribution >= 0.6 is 0 Å². The van der Waals surface area contributed by atoms with Crippen LogP contribution in [0.4, 0.5) is 0 Å². The Morgan fingerprint density at radius 3 is 3.08 bits per heavy atom. The summed E-state index contributed by atoms with van der Waals surface area (Å²) < 4.78 is 5.04. The second-order valence-corrected chi connectivity index (χ2v) is 2.66. The van der Waals surface area contributed by atoms with Gasteiger partial charge in [0.05, 0.1) is 12.1 Å². The normalized spacial score (nSPS) is 28.0. The molecule has 2 N–H and O–H groups in total. The summed E-state index contributed by atoms with van der Waals surface area (Å²) in [5.41, 5.74) is 0. The van der Waals surface area contributed by atoms with E-state index in [-0.39, 0.29) is 18.1 Å². The third kappa shape index (κ3) is 1.94. The van der Waals surface area contributed by atoms with Gasteiger partial charge in [0.25, 0.3) is 0 Å². The van der Waals surface area contributed by atoms with Gasteiger partial charge < -0.3 is 10.1 Å². The molecule has 0 aromatic carbocycles. The SMILES string of the molecule is COC1CNC(C(=O)NC#N)C1. The second kappa shape index (κ2) is 4.04. The van der Waals surface area contributed by atoms with Crippen LogP contribution in [0.2, 0.25) is 0 Å². The Hall–Kier alpha value is -1.12. The van der Waals surface area contributed by atoms with Crippen LogP contribution in [0.3, 0.4) is 0 Å². The monoisotopic (exact) mass is 169 g/mol. The molecule has 0 aromatic heterocycles. The zero-order valence-corrected chi connectivity index (χ0v) is 6.83. The minimum Gasteiger partial charge on any atom is -0.380 e. The molecule has 66 valence electrons. The molecule has 0 spiro atoms. The summed E-state index contributed by atoms with van der Waals surface area (Å²) in [6.07, 6.45) is 2.31. The van der Waals surface area contributed by atoms with Crippen molar-refractivity contribution < 1.29 is 9.53 Å². The number of nitrogens with zero attached hydrogens (tertiary/aromatic N) is 1. The van der Waals surface area contributed by atoms with Gasteiger partial charge in [-0.05, 0) is 6.42 Å². The molecular formula is C7H11N3O2. The molecular weight excluding hydrogens is 158 g/mol. The first-order chi connectivity index (χ1) is 5.77. The molecule has 0 aromatic rings. The maximum atomic E-state index is 11.1. The van der Waals surface area contributed by atoms with E-state index < -0.39 is 0 Å². The van der Waals surface area contributed by atoms with Gasteiger partial charge in [-0.1, -0.05) is 0 Å². The van der Waals surface area contributed by atoms with Crippen LogP contribution in [0.1, 0.15) is 6.42 Å². The predicted octanol–water partition coefficient (Wildman–Crippen LogP) is -1.04. The smallest absolute Gasteiger partial charge is 0.250 e. The van der Waals surface area contributed by atoms with Gasteiger partial charge >= 0.3 is 0 Å². The highest BCUT2D eigenvalue weighted by Crippen LogP contribution is 2.08. The first-order valence-electron chi connectivity index (χ1n) is 3.73. The highest BCUT2D eigenvalue weighted by molar-refractivity contribution is 5.83. The molecule has 1 saturated heterocycles. The number of carbonyl (C=O) groups excluding carboxylic acids is 1. The second-order valence-electron chi connectivity index (χ2n) is 2.66. The molecule has 0 bridgehead atoms. The lowest BCUT2D eigenvalue weighted by Crippen LogP contribution is -2.38. The van der Waals surface area contributed by atoms with Gasteiger partial charge in [-0.2, -0.15) is 5.26 Å². The molecule has 1 amide bonds. The van der Waals surface area contributed by atoms with Crippen molar-refractivity contribution in [2.75, 3.05) is 13.7 Å². The van der Waals surface area contributed by atoms with Crippen molar-refractivity contribution in [1.29, 1.82) is 5.26 Å². The zero-order chi connectivity index (χ0) is 8.97. The third-order valence-corrected chi connectivity index (χ3v) is 1.92. The van der Waals surface area contributed by atoms with Gasteiger partial charge in [0, 0.05) is 13.7 Å². The number of amides is 1. The highest BCUT2D eigenvalue weighted by atomic mass is 16.5. The predicted molar refractivity (Wildman–Crippen MR) is 41.0 cm³/mol. The van der Waals surface area contributed by atoms with E-state index in [2.05, 4.69) is 10.6 Å². The molecule has 12 heavy (non-hydrogen) atoms. The number of hydrogen-bond donors (Lipinski definition) is 2. The van der Waals surface area contributed by atoms with E-state index in [0.29, 0.717) is 13.0 Å². The fourth-order valence-electron chi connectivity index (χ4n) is 1.22. The summed E-state index contributed by atoms with van der Waals surface area (Å²) in [6.45, 7) is 0.667. The van der Waals surface area contributed by atoms with E-state index in [4.69, 9.17) is 10.00 Å². The minimum absolute atomic E-state index is 0.0828. The van der Waals surface area contributed by atoms with Crippen LogP contribution in [-0.4, -0.2) is 31.7 Å². The largest absolute Gasteiger partial charge is 0.380 e. The van der Waals surface area contributed by atoms with Gasteiger partial charge in [-0.25, -0.2) is 0 Å². The summed E-state index contributed by atoms with van der Waals surface area (Å²) in [4.78, 5) is 11.1. The number of nitriles is 1. The number of carbonyl (C=O) groups is 1. The van der Waals surface area contributed by atoms with Gasteiger partial charge in [-0.15, -0.1) is 0 Å². The summed E-state index contributed by atoms with van der Waals surface area (Å²) in [5.74, 6) is -0.281. The van der Waals surface area contributed by atoms with E-state index in [9.17, 15) is 4.79 Å². The van der Waals surface area contributed by atoms with Gasteiger partial charge in [0.15, 0.2) is 6.19 Å². The molecule has 2 atom stereocenters. The van der Waals surface area contributed by atoms with Gasteiger partial charge in [0.2, 0.25) is 5.91 Å². The van der Waals surface area contributed by atoms with Crippen molar-refractivity contribution in [3.63, 3.8) is 0 Å². The van der Waals surface area contributed by atoms with Crippen molar-refractivity contribution in [2.24, 2.45) is 0 Å². The Labute approximate surface area is 70.7 Å². The average molecular weight is 169 g/mol. The number of nitrogens with one attached hydrogen (secondary N) is 2. The van der Waals surface area contributed by atoms with E-state index in [1.807, 2.05) is 0 Å². The third-order valence-electron chi connectivity index (χ3n) is 1.92. The fraction of sp³-hybridized carbons (Fsp3) is 0.714. The summed E-state index contributed by atoms with van der Waals surface area (Å²) in [7, 11) is 1.61. The van der Waals surface area contributed by atoms with Crippen LogP contribution in [0.25, 0.3) is 0 Å². The summed E-state index contributed by atoms with van der Waals surface area (Å²) >= 11 is 0. The van der Waals surface area contributed by atoms with E-state index in [1.165, 1.54) is 0 Å². The Kier molecular flexibility index (Phi) is 3.02.